The highest BCUT2D eigenvalue weighted by molar-refractivity contribution is 8.26. The third kappa shape index (κ3) is 4.03. The van der Waals surface area contributed by atoms with E-state index in [4.69, 9.17) is 23.8 Å². The van der Waals surface area contributed by atoms with Crippen molar-refractivity contribution in [2.75, 3.05) is 0 Å². The lowest BCUT2D eigenvalue weighted by molar-refractivity contribution is -0.385. The Balaban J connectivity index is 1.69. The first-order chi connectivity index (χ1) is 15.6. The molecule has 0 aliphatic carbocycles. The number of halogens is 1. The number of thioether (sulfide) groups is 1. The van der Waals surface area contributed by atoms with E-state index >= 15 is 0 Å². The van der Waals surface area contributed by atoms with Crippen LogP contribution in [-0.2, 0) is 18.9 Å². The fraction of sp³-hybridized carbons (Fsp3) is 0.100. The molecule has 0 bridgehead atoms. The maximum Gasteiger partial charge on any atom is 0.328 e. The Hall–Kier alpha value is -3.48. The van der Waals surface area contributed by atoms with Crippen molar-refractivity contribution in [3.63, 3.8) is 0 Å². The summed E-state index contributed by atoms with van der Waals surface area (Å²) in [5, 5.41) is 13.0. The quantitative estimate of drug-likeness (QED) is 0.251. The van der Waals surface area contributed by atoms with E-state index in [1.54, 1.807) is 7.05 Å². The van der Waals surface area contributed by atoms with Gasteiger partial charge in [0.25, 0.3) is 17.5 Å². The van der Waals surface area contributed by atoms with Gasteiger partial charge in [-0.1, -0.05) is 23.4 Å². The largest absolute Gasteiger partial charge is 0.328 e. The summed E-state index contributed by atoms with van der Waals surface area (Å²) in [5.74, 6) is -1.21. The van der Waals surface area contributed by atoms with Crippen LogP contribution in [0.15, 0.2) is 46.1 Å². The van der Waals surface area contributed by atoms with Crippen molar-refractivity contribution in [3.05, 3.63) is 78.1 Å². The van der Waals surface area contributed by atoms with E-state index in [0.29, 0.717) is 16.1 Å². The van der Waals surface area contributed by atoms with Crippen LogP contribution >= 0.6 is 35.6 Å². The second kappa shape index (κ2) is 8.46. The number of carbonyl (C=O) groups is 2. The topological polar surface area (TPSA) is 119 Å². The highest BCUT2D eigenvalue weighted by Gasteiger charge is 2.34. The van der Waals surface area contributed by atoms with Gasteiger partial charge in [-0.2, -0.15) is 5.01 Å². The van der Waals surface area contributed by atoms with Crippen molar-refractivity contribution in [2.45, 2.75) is 0 Å². The molecule has 2 aromatic carbocycles. The van der Waals surface area contributed by atoms with Crippen molar-refractivity contribution in [2.24, 2.45) is 14.1 Å². The van der Waals surface area contributed by atoms with E-state index in [1.807, 2.05) is 0 Å². The minimum Gasteiger partial charge on any atom is -0.295 e. The van der Waals surface area contributed by atoms with E-state index in [-0.39, 0.29) is 31.7 Å². The molecule has 1 saturated heterocycles. The van der Waals surface area contributed by atoms with Gasteiger partial charge in [-0.3, -0.25) is 34.3 Å². The van der Waals surface area contributed by atoms with E-state index in [0.717, 1.165) is 16.8 Å². The molecule has 2 heterocycles. The van der Waals surface area contributed by atoms with Crippen LogP contribution in [0.25, 0.3) is 17.1 Å². The molecule has 1 N–H and O–H groups in total. The normalized spacial score (nSPS) is 15.0. The lowest BCUT2D eigenvalue weighted by Crippen LogP contribution is -2.44. The summed E-state index contributed by atoms with van der Waals surface area (Å²) >= 11 is 11.9. The van der Waals surface area contributed by atoms with Crippen LogP contribution in [0.1, 0.15) is 15.9 Å². The number of hydrogen-bond acceptors (Lipinski definition) is 7. The first-order valence-electron chi connectivity index (χ1n) is 9.27. The van der Waals surface area contributed by atoms with Gasteiger partial charge in [0.15, 0.2) is 4.32 Å². The van der Waals surface area contributed by atoms with Crippen LogP contribution in [-0.4, -0.2) is 35.2 Å². The van der Waals surface area contributed by atoms with Gasteiger partial charge in [-0.05, 0) is 48.6 Å². The lowest BCUT2D eigenvalue weighted by Gasteiger charge is -2.15. The Labute approximate surface area is 200 Å². The van der Waals surface area contributed by atoms with Crippen LogP contribution in [0.4, 0.5) is 5.69 Å². The Bertz CT molecular complexity index is 1460. The number of nitro groups is 1. The molecule has 10 nitrogen and oxygen atoms in total. The number of rotatable bonds is 4. The molecule has 0 atom stereocenters. The number of carbonyl (C=O) groups excluding carboxylic acids is 2. The molecule has 0 radical (unpaired) electrons. The summed E-state index contributed by atoms with van der Waals surface area (Å²) in [5.41, 5.74) is 3.05. The number of nitrogens with one attached hydrogen (secondary N) is 1. The summed E-state index contributed by atoms with van der Waals surface area (Å²) in [7, 11) is 3.06. The monoisotopic (exact) mass is 503 g/mol. The number of imidazole rings is 1. The number of thiocarbonyl (C=S) groups is 1. The predicted molar refractivity (Wildman–Crippen MR) is 129 cm³/mol. The van der Waals surface area contributed by atoms with E-state index < -0.39 is 16.7 Å². The zero-order valence-corrected chi connectivity index (χ0v) is 19.5. The highest BCUT2D eigenvalue weighted by Crippen LogP contribution is 2.34. The number of nitrogens with zero attached hydrogens (tertiary/aromatic N) is 4. The molecule has 1 aliphatic rings. The van der Waals surface area contributed by atoms with Gasteiger partial charge in [-0.25, -0.2) is 4.79 Å². The summed E-state index contributed by atoms with van der Waals surface area (Å²) in [6.07, 6.45) is 1.32. The summed E-state index contributed by atoms with van der Waals surface area (Å²) < 4.78 is 2.72. The molecule has 4 rings (SSSR count). The molecule has 3 aromatic rings. The van der Waals surface area contributed by atoms with Crippen LogP contribution in [0, 0.1) is 10.1 Å². The number of fused-ring (bicyclic) bond motifs is 1. The molecule has 2 amide bonds. The van der Waals surface area contributed by atoms with Gasteiger partial charge in [0.05, 0.1) is 26.4 Å². The second-order valence-corrected chi connectivity index (χ2v) is 9.13. The number of hydrogen-bond donors (Lipinski definition) is 1. The lowest BCUT2D eigenvalue weighted by atomic mass is 10.1. The zero-order valence-electron chi connectivity index (χ0n) is 17.1. The van der Waals surface area contributed by atoms with Crippen molar-refractivity contribution >= 4 is 74.5 Å². The van der Waals surface area contributed by atoms with Gasteiger partial charge in [0.2, 0.25) is 0 Å². The maximum atomic E-state index is 12.9. The number of nitro benzene ring substituents is 1. The van der Waals surface area contributed by atoms with Crippen LogP contribution in [0.2, 0.25) is 5.02 Å². The smallest absolute Gasteiger partial charge is 0.295 e. The Morgan fingerprint density at radius 2 is 1.76 bits per heavy atom. The molecular formula is C20H14ClN5O5S2. The molecular weight excluding hydrogens is 490 g/mol. The average molecular weight is 504 g/mol. The number of amides is 2. The average Bonchev–Trinajstić information content (AvgIpc) is 3.15. The number of aryl methyl sites for hydroxylation is 2. The van der Waals surface area contributed by atoms with Gasteiger partial charge in [0, 0.05) is 30.7 Å². The van der Waals surface area contributed by atoms with Crippen LogP contribution in [0.5, 0.6) is 0 Å². The minimum atomic E-state index is -0.636. The number of aromatic nitrogens is 2. The van der Waals surface area contributed by atoms with Crippen molar-refractivity contribution in [3.8, 4) is 0 Å². The minimum absolute atomic E-state index is 0.0596. The zero-order chi connectivity index (χ0) is 24.0. The van der Waals surface area contributed by atoms with E-state index in [2.05, 4.69) is 5.43 Å². The predicted octanol–water partition coefficient (Wildman–Crippen LogP) is 2.98. The SMILES string of the molecule is Cn1c(=O)n(C)c2cc([N+](=O)[O-])c(/C=C3\SC(=S)N(NC(=O)c4ccc(Cl)cc4)C3=O)cc21. The molecule has 33 heavy (non-hydrogen) atoms. The summed E-state index contributed by atoms with van der Waals surface area (Å²) in [4.78, 5) is 48.7. The molecule has 168 valence electrons. The first kappa shape index (κ1) is 22.7. The third-order valence-corrected chi connectivity index (χ3v) is 6.57. The fourth-order valence-electron chi connectivity index (χ4n) is 3.30. The van der Waals surface area contributed by atoms with Crippen molar-refractivity contribution < 1.29 is 14.5 Å². The second-order valence-electron chi connectivity index (χ2n) is 7.02. The summed E-state index contributed by atoms with van der Waals surface area (Å²) in [6.45, 7) is 0. The summed E-state index contributed by atoms with van der Waals surface area (Å²) in [6, 6.07) is 8.81. The van der Waals surface area contributed by atoms with Crippen LogP contribution in [0.3, 0.4) is 0 Å². The van der Waals surface area contributed by atoms with Gasteiger partial charge in [-0.15, -0.1) is 0 Å². The van der Waals surface area contributed by atoms with E-state index in [9.17, 15) is 24.5 Å². The van der Waals surface area contributed by atoms with Gasteiger partial charge < -0.3 is 0 Å². The highest BCUT2D eigenvalue weighted by atomic mass is 35.5. The van der Waals surface area contributed by atoms with Gasteiger partial charge in [0.1, 0.15) is 0 Å². The first-order valence-corrected chi connectivity index (χ1v) is 10.9. The number of hydrazine groups is 1. The van der Waals surface area contributed by atoms with Crippen molar-refractivity contribution in [1.82, 2.24) is 19.6 Å². The molecule has 0 spiro atoms. The standard InChI is InChI=1S/C20H14ClN5O5S2/c1-23-14-7-11(13(26(30)31)9-15(14)24(2)19(23)29)8-16-18(28)25(20(32)33-16)22-17(27)10-3-5-12(21)6-4-10/h3-9H,1-2H3,(H,22,27)/b16-8-. The number of benzene rings is 2. The fourth-order valence-corrected chi connectivity index (χ4v) is 4.59. The maximum absolute atomic E-state index is 12.9. The Morgan fingerprint density at radius 3 is 2.36 bits per heavy atom. The molecule has 1 aliphatic heterocycles. The van der Waals surface area contributed by atoms with Gasteiger partial charge >= 0.3 is 5.69 Å². The molecule has 13 heteroatoms. The molecule has 1 aromatic heterocycles. The Kier molecular flexibility index (Phi) is 5.82. The molecule has 1 fully saturated rings. The Morgan fingerprint density at radius 1 is 1.15 bits per heavy atom. The van der Waals surface area contributed by atoms with Crippen LogP contribution < -0.4 is 11.1 Å². The molecule has 0 unspecified atom stereocenters. The molecule has 0 saturated carbocycles. The van der Waals surface area contributed by atoms with E-state index in [1.165, 1.54) is 58.7 Å². The van der Waals surface area contributed by atoms with Crippen molar-refractivity contribution in [1.29, 1.82) is 0 Å². The third-order valence-electron chi connectivity index (χ3n) is 5.02.